The Morgan fingerprint density at radius 2 is 1.47 bits per heavy atom. The lowest BCUT2D eigenvalue weighted by Gasteiger charge is -2.38. The van der Waals surface area contributed by atoms with Gasteiger partial charge in [-0.25, -0.2) is 0 Å². The number of aliphatic hydroxyl groups excluding tert-OH is 2. The van der Waals surface area contributed by atoms with E-state index in [-0.39, 0.29) is 23.4 Å². The van der Waals surface area contributed by atoms with Gasteiger partial charge in [-0.1, -0.05) is 41.5 Å². The van der Waals surface area contributed by atoms with Crippen molar-refractivity contribution in [3.05, 3.63) is 0 Å². The number of aliphatic hydroxyl groups is 2. The summed E-state index contributed by atoms with van der Waals surface area (Å²) >= 11 is 0. The fraction of sp³-hybridized carbons (Fsp3) is 1.00. The Balaban J connectivity index is 4.60. The van der Waals surface area contributed by atoms with Gasteiger partial charge in [0.25, 0.3) is 0 Å². The van der Waals surface area contributed by atoms with Crippen LogP contribution < -0.4 is 0 Å². The molecule has 0 radical (unpaired) electrons. The summed E-state index contributed by atoms with van der Waals surface area (Å²) in [5.41, 5.74) is 0.302. The first-order valence-corrected chi connectivity index (χ1v) is 5.87. The Kier molecular flexibility index (Phi) is 5.28. The van der Waals surface area contributed by atoms with Crippen molar-refractivity contribution in [1.29, 1.82) is 0 Å². The third-order valence-electron chi connectivity index (χ3n) is 2.83. The SMILES string of the molecule is CC(C)(C)CC(C(O)CCO)C(C)(C)C. The molecule has 92 valence electrons. The maximum atomic E-state index is 10.0. The molecule has 0 amide bonds. The standard InChI is InChI=1S/C13H28O2/c1-12(2,3)9-10(13(4,5)6)11(15)7-8-14/h10-11,14-15H,7-9H2,1-6H3. The Labute approximate surface area is 94.7 Å². The molecule has 0 fully saturated rings. The quantitative estimate of drug-likeness (QED) is 0.758. The maximum Gasteiger partial charge on any atom is 0.0595 e. The topological polar surface area (TPSA) is 40.5 Å². The van der Waals surface area contributed by atoms with Crippen molar-refractivity contribution in [2.75, 3.05) is 6.61 Å². The van der Waals surface area contributed by atoms with Crippen LogP contribution in [0.25, 0.3) is 0 Å². The molecule has 15 heavy (non-hydrogen) atoms. The highest BCUT2D eigenvalue weighted by atomic mass is 16.3. The summed E-state index contributed by atoms with van der Waals surface area (Å²) in [5.74, 6) is 0.240. The van der Waals surface area contributed by atoms with E-state index in [0.717, 1.165) is 6.42 Å². The van der Waals surface area contributed by atoms with Crippen LogP contribution in [0.2, 0.25) is 0 Å². The van der Waals surface area contributed by atoms with Gasteiger partial charge in [0.05, 0.1) is 6.10 Å². The van der Waals surface area contributed by atoms with Crippen LogP contribution in [0.3, 0.4) is 0 Å². The number of hydrogen-bond acceptors (Lipinski definition) is 2. The number of rotatable bonds is 4. The second-order valence-corrected chi connectivity index (χ2v) is 6.82. The molecule has 0 bridgehead atoms. The van der Waals surface area contributed by atoms with Crippen molar-refractivity contribution in [3.63, 3.8) is 0 Å². The molecule has 0 spiro atoms. The van der Waals surface area contributed by atoms with Crippen LogP contribution in [0, 0.1) is 16.7 Å². The summed E-state index contributed by atoms with van der Waals surface area (Å²) in [6.07, 6.45) is 1.07. The van der Waals surface area contributed by atoms with E-state index in [1.165, 1.54) is 0 Å². The molecule has 2 heteroatoms. The Hall–Kier alpha value is -0.0800. The molecule has 0 aliphatic rings. The van der Waals surface area contributed by atoms with Gasteiger partial charge in [0, 0.05) is 6.61 Å². The summed E-state index contributed by atoms with van der Waals surface area (Å²) in [5, 5.41) is 18.9. The molecule has 0 rings (SSSR count). The molecule has 0 aliphatic carbocycles. The molecular formula is C13H28O2. The Bertz CT molecular complexity index is 174. The summed E-state index contributed by atoms with van der Waals surface area (Å²) in [7, 11) is 0. The van der Waals surface area contributed by atoms with Crippen molar-refractivity contribution in [3.8, 4) is 0 Å². The average Bonchev–Trinajstić information content (AvgIpc) is 1.97. The molecule has 2 nitrogen and oxygen atoms in total. The first-order valence-electron chi connectivity index (χ1n) is 5.87. The van der Waals surface area contributed by atoms with Crippen molar-refractivity contribution < 1.29 is 10.2 Å². The molecule has 2 unspecified atom stereocenters. The first-order chi connectivity index (χ1) is 6.58. The molecule has 0 aromatic rings. The predicted molar refractivity (Wildman–Crippen MR) is 64.7 cm³/mol. The van der Waals surface area contributed by atoms with Crippen LogP contribution in [0.5, 0.6) is 0 Å². The lowest BCUT2D eigenvalue weighted by Crippen LogP contribution is -2.35. The lowest BCUT2D eigenvalue weighted by atomic mass is 9.69. The zero-order valence-electron chi connectivity index (χ0n) is 11.2. The zero-order chi connectivity index (χ0) is 12.3. The van der Waals surface area contributed by atoms with E-state index in [9.17, 15) is 5.11 Å². The molecule has 0 saturated carbocycles. The molecule has 0 heterocycles. The van der Waals surface area contributed by atoms with E-state index in [1.807, 2.05) is 0 Å². The highest BCUT2D eigenvalue weighted by Gasteiger charge is 2.33. The minimum Gasteiger partial charge on any atom is -0.396 e. The largest absolute Gasteiger partial charge is 0.396 e. The van der Waals surface area contributed by atoms with Crippen LogP contribution in [0.15, 0.2) is 0 Å². The molecule has 0 aromatic heterocycles. The Morgan fingerprint density at radius 3 is 1.73 bits per heavy atom. The van der Waals surface area contributed by atoms with E-state index < -0.39 is 6.10 Å². The van der Waals surface area contributed by atoms with Gasteiger partial charge in [-0.05, 0) is 29.6 Å². The average molecular weight is 216 g/mol. The maximum absolute atomic E-state index is 10.0. The summed E-state index contributed by atoms with van der Waals surface area (Å²) in [4.78, 5) is 0. The van der Waals surface area contributed by atoms with Gasteiger partial charge >= 0.3 is 0 Å². The normalized spacial score (nSPS) is 17.6. The summed E-state index contributed by atoms with van der Waals surface area (Å²) < 4.78 is 0. The van der Waals surface area contributed by atoms with Gasteiger partial charge in [0.1, 0.15) is 0 Å². The van der Waals surface area contributed by atoms with Gasteiger partial charge in [0.2, 0.25) is 0 Å². The van der Waals surface area contributed by atoms with E-state index in [4.69, 9.17) is 5.11 Å². The smallest absolute Gasteiger partial charge is 0.0595 e. The van der Waals surface area contributed by atoms with Crippen molar-refractivity contribution in [2.45, 2.75) is 60.5 Å². The fourth-order valence-corrected chi connectivity index (χ4v) is 2.01. The van der Waals surface area contributed by atoms with Gasteiger partial charge in [0.15, 0.2) is 0 Å². The highest BCUT2D eigenvalue weighted by Crippen LogP contribution is 2.38. The monoisotopic (exact) mass is 216 g/mol. The molecule has 0 aromatic carbocycles. The van der Waals surface area contributed by atoms with Crippen LogP contribution in [-0.4, -0.2) is 22.9 Å². The zero-order valence-corrected chi connectivity index (χ0v) is 11.2. The minimum atomic E-state index is -0.394. The second kappa shape index (κ2) is 5.31. The van der Waals surface area contributed by atoms with E-state index in [0.29, 0.717) is 6.42 Å². The van der Waals surface area contributed by atoms with Crippen LogP contribution in [0.4, 0.5) is 0 Å². The fourth-order valence-electron chi connectivity index (χ4n) is 2.01. The van der Waals surface area contributed by atoms with E-state index in [2.05, 4.69) is 41.5 Å². The van der Waals surface area contributed by atoms with Gasteiger partial charge < -0.3 is 10.2 Å². The minimum absolute atomic E-state index is 0.0674. The Morgan fingerprint density at radius 1 is 1.00 bits per heavy atom. The first kappa shape index (κ1) is 14.9. The third-order valence-corrected chi connectivity index (χ3v) is 2.83. The summed E-state index contributed by atoms with van der Waals surface area (Å²) in [6.45, 7) is 13.1. The van der Waals surface area contributed by atoms with Gasteiger partial charge in [-0.2, -0.15) is 0 Å². The van der Waals surface area contributed by atoms with Crippen molar-refractivity contribution in [2.24, 2.45) is 16.7 Å². The molecule has 2 N–H and O–H groups in total. The molecule has 0 saturated heterocycles. The lowest BCUT2D eigenvalue weighted by molar-refractivity contribution is 0.00289. The summed E-state index contributed by atoms with van der Waals surface area (Å²) in [6, 6.07) is 0. The number of hydrogen-bond donors (Lipinski definition) is 2. The van der Waals surface area contributed by atoms with Crippen molar-refractivity contribution in [1.82, 2.24) is 0 Å². The van der Waals surface area contributed by atoms with Crippen LogP contribution in [0.1, 0.15) is 54.4 Å². The van der Waals surface area contributed by atoms with Gasteiger partial charge in [-0.3, -0.25) is 0 Å². The molecule has 0 aliphatic heterocycles. The molecular weight excluding hydrogens is 188 g/mol. The predicted octanol–water partition coefficient (Wildman–Crippen LogP) is 2.83. The van der Waals surface area contributed by atoms with Crippen molar-refractivity contribution >= 4 is 0 Å². The van der Waals surface area contributed by atoms with Crippen LogP contribution in [-0.2, 0) is 0 Å². The molecule has 2 atom stereocenters. The highest BCUT2D eigenvalue weighted by molar-refractivity contribution is 4.83. The van der Waals surface area contributed by atoms with Crippen LogP contribution >= 0.6 is 0 Å². The van der Waals surface area contributed by atoms with E-state index in [1.54, 1.807) is 0 Å². The van der Waals surface area contributed by atoms with E-state index >= 15 is 0 Å². The second-order valence-electron chi connectivity index (χ2n) is 6.82. The van der Waals surface area contributed by atoms with Gasteiger partial charge in [-0.15, -0.1) is 0 Å². The third kappa shape index (κ3) is 6.16.